The van der Waals surface area contributed by atoms with Gasteiger partial charge in [0.05, 0.1) is 18.8 Å². The molecule has 0 atom stereocenters. The smallest absolute Gasteiger partial charge is 0.321 e. The highest BCUT2D eigenvalue weighted by Crippen LogP contribution is 2.17. The molecule has 1 saturated heterocycles. The first kappa shape index (κ1) is 20.8. The van der Waals surface area contributed by atoms with Crippen molar-refractivity contribution in [1.82, 2.24) is 30.0 Å². The molecule has 9 nitrogen and oxygen atoms in total. The van der Waals surface area contributed by atoms with Gasteiger partial charge in [0.2, 0.25) is 0 Å². The van der Waals surface area contributed by atoms with Crippen molar-refractivity contribution in [1.29, 1.82) is 0 Å². The average molecular weight is 422 g/mol. The van der Waals surface area contributed by atoms with Crippen LogP contribution in [0, 0.1) is 6.92 Å². The van der Waals surface area contributed by atoms with Crippen molar-refractivity contribution < 1.29 is 9.53 Å². The van der Waals surface area contributed by atoms with E-state index in [1.807, 2.05) is 67.3 Å². The van der Waals surface area contributed by atoms with E-state index in [1.165, 1.54) is 0 Å². The number of aryl methyl sites for hydroxylation is 1. The molecule has 31 heavy (non-hydrogen) atoms. The number of aromatic nitrogens is 4. The fraction of sp³-hybridized carbons (Fsp3) is 0.364. The van der Waals surface area contributed by atoms with Crippen molar-refractivity contribution in [2.45, 2.75) is 20.4 Å². The molecule has 2 heterocycles. The van der Waals surface area contributed by atoms with Crippen LogP contribution in [0.5, 0.6) is 5.75 Å². The number of nitrogens with one attached hydrogen (secondary N) is 1. The highest BCUT2D eigenvalue weighted by atomic mass is 16.5. The van der Waals surface area contributed by atoms with E-state index in [-0.39, 0.29) is 6.03 Å². The number of nitrogens with zero attached hydrogens (tertiary/aromatic N) is 6. The van der Waals surface area contributed by atoms with Gasteiger partial charge in [-0.1, -0.05) is 12.1 Å². The monoisotopic (exact) mass is 421 g/mol. The highest BCUT2D eigenvalue weighted by Gasteiger charge is 2.23. The maximum Gasteiger partial charge on any atom is 0.321 e. The molecule has 2 aromatic carbocycles. The van der Waals surface area contributed by atoms with Crippen LogP contribution in [-0.4, -0.2) is 68.8 Å². The summed E-state index contributed by atoms with van der Waals surface area (Å²) in [5, 5.41) is 15.2. The number of urea groups is 1. The Hall–Kier alpha value is -3.46. The number of rotatable bonds is 6. The Balaban J connectivity index is 1.32. The maximum atomic E-state index is 12.6. The fourth-order valence-corrected chi connectivity index (χ4v) is 3.59. The standard InChI is InChI=1S/C22H27N7O2/c1-3-31-20-9-7-19(8-10-20)29-21(24-25-26-29)16-27-11-13-28(14-12-27)22(30)23-18-6-4-5-17(2)15-18/h4-10,15H,3,11-14,16H2,1-2H3,(H,23,30). The molecule has 0 saturated carbocycles. The molecule has 0 aliphatic carbocycles. The first-order chi connectivity index (χ1) is 15.1. The van der Waals surface area contributed by atoms with Crippen molar-refractivity contribution in [2.24, 2.45) is 0 Å². The number of benzene rings is 2. The minimum absolute atomic E-state index is 0.0653. The van der Waals surface area contributed by atoms with Gasteiger partial charge in [-0.05, 0) is 66.2 Å². The van der Waals surface area contributed by atoms with E-state index in [4.69, 9.17) is 4.74 Å². The molecule has 0 bridgehead atoms. The molecular weight excluding hydrogens is 394 g/mol. The van der Waals surface area contributed by atoms with Crippen LogP contribution in [0.4, 0.5) is 10.5 Å². The number of hydrogen-bond donors (Lipinski definition) is 1. The van der Waals surface area contributed by atoms with Crippen LogP contribution in [0.3, 0.4) is 0 Å². The summed E-state index contributed by atoms with van der Waals surface area (Å²) in [6, 6.07) is 15.5. The minimum atomic E-state index is -0.0653. The number of amides is 2. The zero-order valence-corrected chi connectivity index (χ0v) is 17.9. The van der Waals surface area contributed by atoms with E-state index in [0.717, 1.165) is 41.6 Å². The summed E-state index contributed by atoms with van der Waals surface area (Å²) in [5.74, 6) is 1.59. The van der Waals surface area contributed by atoms with Crippen molar-refractivity contribution in [3.05, 3.63) is 59.9 Å². The van der Waals surface area contributed by atoms with Gasteiger partial charge in [0.15, 0.2) is 5.82 Å². The van der Waals surface area contributed by atoms with Gasteiger partial charge in [-0.2, -0.15) is 4.68 Å². The molecule has 1 aliphatic rings. The van der Waals surface area contributed by atoms with Gasteiger partial charge >= 0.3 is 6.03 Å². The van der Waals surface area contributed by atoms with E-state index in [1.54, 1.807) is 4.68 Å². The van der Waals surface area contributed by atoms with Gasteiger partial charge < -0.3 is 15.0 Å². The lowest BCUT2D eigenvalue weighted by Gasteiger charge is -2.34. The van der Waals surface area contributed by atoms with E-state index in [2.05, 4.69) is 25.7 Å². The van der Waals surface area contributed by atoms with Crippen LogP contribution in [-0.2, 0) is 6.54 Å². The number of piperazine rings is 1. The molecule has 1 fully saturated rings. The van der Waals surface area contributed by atoms with Gasteiger partial charge in [-0.3, -0.25) is 4.90 Å². The minimum Gasteiger partial charge on any atom is -0.494 e. The van der Waals surface area contributed by atoms with Crippen molar-refractivity contribution >= 4 is 11.7 Å². The zero-order chi connectivity index (χ0) is 21.6. The molecule has 2 amide bonds. The summed E-state index contributed by atoms with van der Waals surface area (Å²) >= 11 is 0. The number of tetrazole rings is 1. The molecule has 1 aliphatic heterocycles. The molecular formula is C22H27N7O2. The third-order valence-corrected chi connectivity index (χ3v) is 5.22. The summed E-state index contributed by atoms with van der Waals surface area (Å²) < 4.78 is 7.24. The van der Waals surface area contributed by atoms with Crippen LogP contribution >= 0.6 is 0 Å². The average Bonchev–Trinajstić information content (AvgIpc) is 3.23. The van der Waals surface area contributed by atoms with Gasteiger partial charge in [0, 0.05) is 31.9 Å². The van der Waals surface area contributed by atoms with Gasteiger partial charge in [0.25, 0.3) is 0 Å². The third kappa shape index (κ3) is 5.18. The van der Waals surface area contributed by atoms with Gasteiger partial charge in [0.1, 0.15) is 5.75 Å². The third-order valence-electron chi connectivity index (χ3n) is 5.22. The van der Waals surface area contributed by atoms with Crippen molar-refractivity contribution in [3.63, 3.8) is 0 Å². The Morgan fingerprint density at radius 3 is 2.58 bits per heavy atom. The van der Waals surface area contributed by atoms with Crippen molar-refractivity contribution in [3.8, 4) is 11.4 Å². The second-order valence-electron chi connectivity index (χ2n) is 7.50. The lowest BCUT2D eigenvalue weighted by Crippen LogP contribution is -2.49. The summed E-state index contributed by atoms with van der Waals surface area (Å²) in [6.07, 6.45) is 0. The Labute approximate surface area is 181 Å². The van der Waals surface area contributed by atoms with E-state index < -0.39 is 0 Å². The summed E-state index contributed by atoms with van der Waals surface area (Å²) in [7, 11) is 0. The molecule has 9 heteroatoms. The predicted molar refractivity (Wildman–Crippen MR) is 117 cm³/mol. The normalized spacial score (nSPS) is 14.5. The van der Waals surface area contributed by atoms with E-state index in [9.17, 15) is 4.79 Å². The first-order valence-electron chi connectivity index (χ1n) is 10.5. The topological polar surface area (TPSA) is 88.4 Å². The lowest BCUT2D eigenvalue weighted by atomic mass is 10.2. The number of carbonyl (C=O) groups excluding carboxylic acids is 1. The van der Waals surface area contributed by atoms with E-state index in [0.29, 0.717) is 26.2 Å². The second kappa shape index (κ2) is 9.57. The van der Waals surface area contributed by atoms with Crippen molar-refractivity contribution in [2.75, 3.05) is 38.1 Å². The molecule has 3 aromatic rings. The first-order valence-corrected chi connectivity index (χ1v) is 10.5. The Morgan fingerprint density at radius 1 is 1.10 bits per heavy atom. The Morgan fingerprint density at radius 2 is 1.87 bits per heavy atom. The molecule has 0 spiro atoms. The molecule has 1 aromatic heterocycles. The highest BCUT2D eigenvalue weighted by molar-refractivity contribution is 5.89. The van der Waals surface area contributed by atoms with Crippen LogP contribution < -0.4 is 10.1 Å². The lowest BCUT2D eigenvalue weighted by molar-refractivity contribution is 0.140. The van der Waals surface area contributed by atoms with Crippen LogP contribution in [0.25, 0.3) is 5.69 Å². The Bertz CT molecular complexity index is 1010. The summed E-state index contributed by atoms with van der Waals surface area (Å²) in [6.45, 7) is 8.05. The van der Waals surface area contributed by atoms with Crippen LogP contribution in [0.1, 0.15) is 18.3 Å². The van der Waals surface area contributed by atoms with Gasteiger partial charge in [-0.25, -0.2) is 4.79 Å². The molecule has 1 N–H and O–H groups in total. The number of hydrogen-bond acceptors (Lipinski definition) is 6. The molecule has 0 unspecified atom stereocenters. The summed E-state index contributed by atoms with van der Waals surface area (Å²) in [4.78, 5) is 16.7. The summed E-state index contributed by atoms with van der Waals surface area (Å²) in [5.41, 5.74) is 2.83. The van der Waals surface area contributed by atoms with Gasteiger partial charge in [-0.15, -0.1) is 5.10 Å². The molecule has 0 radical (unpaired) electrons. The number of anilines is 1. The zero-order valence-electron chi connectivity index (χ0n) is 17.9. The molecule has 4 rings (SSSR count). The molecule has 162 valence electrons. The number of carbonyl (C=O) groups is 1. The Kier molecular flexibility index (Phi) is 6.42. The van der Waals surface area contributed by atoms with Crippen LogP contribution in [0.15, 0.2) is 48.5 Å². The number of ether oxygens (including phenoxy) is 1. The predicted octanol–water partition coefficient (Wildman–Crippen LogP) is 2.72. The largest absolute Gasteiger partial charge is 0.494 e. The SMILES string of the molecule is CCOc1ccc(-n2nnnc2CN2CCN(C(=O)Nc3cccc(C)c3)CC2)cc1. The van der Waals surface area contributed by atoms with Crippen LogP contribution in [0.2, 0.25) is 0 Å². The fourth-order valence-electron chi connectivity index (χ4n) is 3.59. The maximum absolute atomic E-state index is 12.6. The second-order valence-corrected chi connectivity index (χ2v) is 7.50. The van der Waals surface area contributed by atoms with E-state index >= 15 is 0 Å². The quantitative estimate of drug-likeness (QED) is 0.658.